The lowest BCUT2D eigenvalue weighted by molar-refractivity contribution is 1.03. The normalized spacial score (nSPS) is 9.90. The molecule has 0 radical (unpaired) electrons. The molecule has 0 amide bonds. The molecule has 5 heteroatoms. The molecule has 0 atom stereocenters. The molecule has 0 unspecified atom stereocenters. The van der Waals surface area contributed by atoms with Crippen LogP contribution < -0.4 is 10.2 Å². The number of hydrogen-bond donors (Lipinski definition) is 1. The number of nitrogens with zero attached hydrogens (tertiary/aromatic N) is 4. The van der Waals surface area contributed by atoms with Crippen molar-refractivity contribution in [1.29, 1.82) is 5.26 Å². The molecule has 2 aromatic rings. The minimum Gasteiger partial charge on any atom is -0.354 e. The number of benzene rings is 1. The molecular weight excluding hydrogens is 250 g/mol. The van der Waals surface area contributed by atoms with Crippen molar-refractivity contribution in [3.8, 4) is 6.07 Å². The Kier molecular flexibility index (Phi) is 4.16. The van der Waals surface area contributed by atoms with E-state index >= 15 is 0 Å². The van der Waals surface area contributed by atoms with Crippen molar-refractivity contribution in [1.82, 2.24) is 9.97 Å². The Morgan fingerprint density at radius 3 is 2.80 bits per heavy atom. The maximum atomic E-state index is 9.20. The summed E-state index contributed by atoms with van der Waals surface area (Å²) in [6.07, 6.45) is 1.78. The Morgan fingerprint density at radius 1 is 1.35 bits per heavy atom. The molecule has 102 valence electrons. The van der Waals surface area contributed by atoms with E-state index in [2.05, 4.69) is 21.4 Å². The molecule has 1 N–H and O–H groups in total. The SMILES string of the molecule is CCNc1ncc(C)c(N(C)c2ccccc2C#N)n1. The average Bonchev–Trinajstić information content (AvgIpc) is 2.48. The lowest BCUT2D eigenvalue weighted by atomic mass is 10.1. The van der Waals surface area contributed by atoms with Crippen molar-refractivity contribution in [3.05, 3.63) is 41.6 Å². The van der Waals surface area contributed by atoms with E-state index in [0.717, 1.165) is 23.6 Å². The molecule has 0 aliphatic rings. The molecule has 0 aliphatic heterocycles. The summed E-state index contributed by atoms with van der Waals surface area (Å²) in [4.78, 5) is 10.7. The first-order valence-electron chi connectivity index (χ1n) is 6.47. The highest BCUT2D eigenvalue weighted by Gasteiger charge is 2.13. The molecule has 1 heterocycles. The zero-order valence-corrected chi connectivity index (χ0v) is 11.9. The third-order valence-corrected chi connectivity index (χ3v) is 2.98. The van der Waals surface area contributed by atoms with E-state index in [4.69, 9.17) is 0 Å². The smallest absolute Gasteiger partial charge is 0.224 e. The Balaban J connectivity index is 2.45. The van der Waals surface area contributed by atoms with Crippen LogP contribution in [0.2, 0.25) is 0 Å². The van der Waals surface area contributed by atoms with Crippen molar-refractivity contribution in [2.24, 2.45) is 0 Å². The number of nitrogens with one attached hydrogen (secondary N) is 1. The summed E-state index contributed by atoms with van der Waals surface area (Å²) < 4.78 is 0. The number of aryl methyl sites for hydroxylation is 1. The molecule has 0 spiro atoms. The minimum atomic E-state index is 0.592. The fraction of sp³-hybridized carbons (Fsp3) is 0.267. The topological polar surface area (TPSA) is 64.8 Å². The number of hydrogen-bond acceptors (Lipinski definition) is 5. The first-order chi connectivity index (χ1) is 9.67. The first-order valence-corrected chi connectivity index (χ1v) is 6.47. The summed E-state index contributed by atoms with van der Waals surface area (Å²) in [5.74, 6) is 1.38. The summed E-state index contributed by atoms with van der Waals surface area (Å²) in [7, 11) is 1.90. The highest BCUT2D eigenvalue weighted by Crippen LogP contribution is 2.27. The predicted octanol–water partition coefficient (Wildman–Crippen LogP) is 2.86. The number of anilines is 3. The van der Waals surface area contributed by atoms with E-state index in [1.165, 1.54) is 0 Å². The van der Waals surface area contributed by atoms with E-state index < -0.39 is 0 Å². The van der Waals surface area contributed by atoms with Crippen LogP contribution in [-0.4, -0.2) is 23.6 Å². The number of nitriles is 1. The van der Waals surface area contributed by atoms with Crippen molar-refractivity contribution in [3.63, 3.8) is 0 Å². The third kappa shape index (κ3) is 2.69. The van der Waals surface area contributed by atoms with Gasteiger partial charge in [0.15, 0.2) is 0 Å². The average molecular weight is 267 g/mol. The molecule has 0 saturated heterocycles. The molecule has 1 aromatic carbocycles. The van der Waals surface area contributed by atoms with Crippen molar-refractivity contribution >= 4 is 17.5 Å². The van der Waals surface area contributed by atoms with Crippen LogP contribution in [0.1, 0.15) is 18.1 Å². The summed E-state index contributed by atoms with van der Waals surface area (Å²) in [6, 6.07) is 9.68. The number of para-hydroxylation sites is 1. The second kappa shape index (κ2) is 6.02. The minimum absolute atomic E-state index is 0.592. The molecule has 20 heavy (non-hydrogen) atoms. The van der Waals surface area contributed by atoms with Crippen LogP contribution in [0.5, 0.6) is 0 Å². The van der Waals surface area contributed by atoms with Crippen LogP contribution in [0.15, 0.2) is 30.5 Å². The maximum Gasteiger partial charge on any atom is 0.224 e. The first kappa shape index (κ1) is 13.8. The van der Waals surface area contributed by atoms with Crippen molar-refractivity contribution < 1.29 is 0 Å². The fourth-order valence-corrected chi connectivity index (χ4v) is 1.99. The van der Waals surface area contributed by atoms with Gasteiger partial charge in [-0.05, 0) is 26.0 Å². The Morgan fingerprint density at radius 2 is 2.10 bits per heavy atom. The summed E-state index contributed by atoms with van der Waals surface area (Å²) in [5, 5.41) is 12.3. The van der Waals surface area contributed by atoms with Gasteiger partial charge < -0.3 is 10.2 Å². The molecule has 5 nitrogen and oxygen atoms in total. The van der Waals surface area contributed by atoms with Gasteiger partial charge in [0.1, 0.15) is 11.9 Å². The highest BCUT2D eigenvalue weighted by molar-refractivity contribution is 5.68. The van der Waals surface area contributed by atoms with Gasteiger partial charge in [-0.2, -0.15) is 10.2 Å². The zero-order valence-electron chi connectivity index (χ0n) is 11.9. The monoisotopic (exact) mass is 267 g/mol. The van der Waals surface area contributed by atoms with E-state index in [9.17, 15) is 5.26 Å². The third-order valence-electron chi connectivity index (χ3n) is 2.98. The van der Waals surface area contributed by atoms with Crippen LogP contribution in [0, 0.1) is 18.3 Å². The molecule has 1 aromatic heterocycles. The zero-order chi connectivity index (χ0) is 14.5. The van der Waals surface area contributed by atoms with Gasteiger partial charge in [0.2, 0.25) is 5.95 Å². The molecular formula is C15H17N5. The van der Waals surface area contributed by atoms with E-state index in [1.807, 2.05) is 44.0 Å². The summed E-state index contributed by atoms with van der Waals surface area (Å²) in [6.45, 7) is 4.72. The van der Waals surface area contributed by atoms with Gasteiger partial charge in [-0.3, -0.25) is 0 Å². The van der Waals surface area contributed by atoms with E-state index in [-0.39, 0.29) is 0 Å². The van der Waals surface area contributed by atoms with Gasteiger partial charge in [-0.15, -0.1) is 0 Å². The number of rotatable bonds is 4. The molecule has 0 bridgehead atoms. The fourth-order valence-electron chi connectivity index (χ4n) is 1.99. The number of aromatic nitrogens is 2. The van der Waals surface area contributed by atoms with Gasteiger partial charge in [0.25, 0.3) is 0 Å². The molecule has 0 saturated carbocycles. The Bertz CT molecular complexity index is 645. The predicted molar refractivity (Wildman–Crippen MR) is 80.2 cm³/mol. The van der Waals surface area contributed by atoms with Gasteiger partial charge in [-0.25, -0.2) is 4.98 Å². The van der Waals surface area contributed by atoms with Crippen LogP contribution in [0.3, 0.4) is 0 Å². The standard InChI is InChI=1S/C15H17N5/c1-4-17-15-18-10-11(2)14(19-15)20(3)13-8-6-5-7-12(13)9-16/h5-8,10H,4H2,1-3H3,(H,17,18,19). The van der Waals surface area contributed by atoms with Crippen LogP contribution >= 0.6 is 0 Å². The van der Waals surface area contributed by atoms with E-state index in [1.54, 1.807) is 12.3 Å². The van der Waals surface area contributed by atoms with Gasteiger partial charge >= 0.3 is 0 Å². The van der Waals surface area contributed by atoms with Crippen molar-refractivity contribution in [2.75, 3.05) is 23.8 Å². The Hall–Kier alpha value is -2.61. The van der Waals surface area contributed by atoms with Crippen LogP contribution in [-0.2, 0) is 0 Å². The van der Waals surface area contributed by atoms with Crippen molar-refractivity contribution in [2.45, 2.75) is 13.8 Å². The van der Waals surface area contributed by atoms with Gasteiger partial charge in [-0.1, -0.05) is 12.1 Å². The van der Waals surface area contributed by atoms with Crippen LogP contribution in [0.4, 0.5) is 17.5 Å². The Labute approximate surface area is 118 Å². The maximum absolute atomic E-state index is 9.20. The second-order valence-electron chi connectivity index (χ2n) is 4.42. The van der Waals surface area contributed by atoms with E-state index in [0.29, 0.717) is 11.5 Å². The molecule has 2 rings (SSSR count). The second-order valence-corrected chi connectivity index (χ2v) is 4.42. The van der Waals surface area contributed by atoms with Crippen LogP contribution in [0.25, 0.3) is 0 Å². The lowest BCUT2D eigenvalue weighted by Gasteiger charge is -2.21. The quantitative estimate of drug-likeness (QED) is 0.922. The largest absolute Gasteiger partial charge is 0.354 e. The van der Waals surface area contributed by atoms with Gasteiger partial charge in [0, 0.05) is 25.4 Å². The molecule has 0 fully saturated rings. The summed E-state index contributed by atoms with van der Waals surface area (Å²) in [5.41, 5.74) is 2.42. The lowest BCUT2D eigenvalue weighted by Crippen LogP contribution is -2.15. The summed E-state index contributed by atoms with van der Waals surface area (Å²) >= 11 is 0. The molecule has 0 aliphatic carbocycles. The highest BCUT2D eigenvalue weighted by atomic mass is 15.2. The van der Waals surface area contributed by atoms with Gasteiger partial charge in [0.05, 0.1) is 11.3 Å².